The molecule has 0 aliphatic heterocycles. The number of nitrogens with one attached hydrogen (secondary N) is 2. The largest absolute Gasteiger partial charge is 0.465 e. The Morgan fingerprint density at radius 2 is 1.78 bits per heavy atom. The second-order valence-electron chi connectivity index (χ2n) is 4.22. The van der Waals surface area contributed by atoms with Crippen LogP contribution in [0, 0.1) is 0 Å². The van der Waals surface area contributed by atoms with Gasteiger partial charge in [-0.05, 0) is 24.0 Å². The third-order valence-corrected chi connectivity index (χ3v) is 3.11. The monoisotopic (exact) mass is 250 g/mol. The summed E-state index contributed by atoms with van der Waals surface area (Å²) in [7, 11) is 0. The molecule has 0 aromatic heterocycles. The summed E-state index contributed by atoms with van der Waals surface area (Å²) in [5.74, 6) is 0. The van der Waals surface area contributed by atoms with E-state index < -0.39 is 24.3 Å². The summed E-state index contributed by atoms with van der Waals surface area (Å²) in [6.45, 7) is 0. The van der Waals surface area contributed by atoms with Crippen LogP contribution < -0.4 is 10.6 Å². The fourth-order valence-electron chi connectivity index (χ4n) is 2.39. The molecule has 0 bridgehead atoms. The van der Waals surface area contributed by atoms with Gasteiger partial charge in [-0.25, -0.2) is 9.59 Å². The first-order valence-corrected chi connectivity index (χ1v) is 5.64. The molecule has 1 aliphatic carbocycles. The number of carbonyl (C=O) groups is 2. The molecule has 6 heteroatoms. The van der Waals surface area contributed by atoms with E-state index in [2.05, 4.69) is 10.6 Å². The van der Waals surface area contributed by atoms with Crippen molar-refractivity contribution in [3.8, 4) is 0 Å². The maximum absolute atomic E-state index is 10.8. The minimum Gasteiger partial charge on any atom is -0.465 e. The van der Waals surface area contributed by atoms with Gasteiger partial charge in [0.2, 0.25) is 0 Å². The lowest BCUT2D eigenvalue weighted by Crippen LogP contribution is -2.47. The molecule has 0 fully saturated rings. The van der Waals surface area contributed by atoms with E-state index in [1.165, 1.54) is 0 Å². The Hall–Kier alpha value is -2.24. The number of aryl methyl sites for hydroxylation is 1. The van der Waals surface area contributed by atoms with Crippen LogP contribution in [0.3, 0.4) is 0 Å². The fraction of sp³-hybridized carbons (Fsp3) is 0.333. The molecule has 1 aliphatic rings. The zero-order chi connectivity index (χ0) is 13.1. The van der Waals surface area contributed by atoms with Gasteiger partial charge in [0.25, 0.3) is 0 Å². The molecule has 0 saturated carbocycles. The molecule has 0 radical (unpaired) electrons. The summed E-state index contributed by atoms with van der Waals surface area (Å²) in [6, 6.07) is 6.49. The molecule has 96 valence electrons. The van der Waals surface area contributed by atoms with Crippen LogP contribution in [0.5, 0.6) is 0 Å². The molecule has 0 heterocycles. The Bertz CT molecular complexity index is 475. The number of hydrogen-bond acceptors (Lipinski definition) is 2. The molecule has 0 saturated heterocycles. The van der Waals surface area contributed by atoms with E-state index in [0.717, 1.165) is 17.5 Å². The third-order valence-electron chi connectivity index (χ3n) is 3.11. The van der Waals surface area contributed by atoms with Crippen LogP contribution in [0.1, 0.15) is 23.6 Å². The van der Waals surface area contributed by atoms with Gasteiger partial charge in [-0.2, -0.15) is 0 Å². The van der Waals surface area contributed by atoms with Gasteiger partial charge < -0.3 is 20.8 Å². The van der Waals surface area contributed by atoms with Crippen molar-refractivity contribution in [2.24, 2.45) is 0 Å². The van der Waals surface area contributed by atoms with Crippen LogP contribution in [0.2, 0.25) is 0 Å². The Labute approximate surface area is 104 Å². The molecule has 2 amide bonds. The molecule has 1 aromatic rings. The van der Waals surface area contributed by atoms with Crippen LogP contribution >= 0.6 is 0 Å². The Kier molecular flexibility index (Phi) is 3.36. The number of carboxylic acid groups (broad SMARTS) is 2. The SMILES string of the molecule is O=C(O)N[C@H]1CCc2ccccc2[C@H]1NC(=O)O. The predicted octanol–water partition coefficient (Wildman–Crippen LogP) is 1.58. The topological polar surface area (TPSA) is 98.7 Å². The van der Waals surface area contributed by atoms with E-state index >= 15 is 0 Å². The van der Waals surface area contributed by atoms with Gasteiger partial charge in [0.15, 0.2) is 0 Å². The van der Waals surface area contributed by atoms with Crippen LogP contribution in [0.15, 0.2) is 24.3 Å². The van der Waals surface area contributed by atoms with E-state index in [0.29, 0.717) is 6.42 Å². The van der Waals surface area contributed by atoms with Crippen molar-refractivity contribution < 1.29 is 19.8 Å². The summed E-state index contributed by atoms with van der Waals surface area (Å²) in [6.07, 6.45) is -0.988. The number of fused-ring (bicyclic) bond motifs is 1. The number of rotatable bonds is 2. The molecule has 6 nitrogen and oxygen atoms in total. The van der Waals surface area contributed by atoms with Gasteiger partial charge in [-0.3, -0.25) is 0 Å². The van der Waals surface area contributed by atoms with Gasteiger partial charge in [-0.15, -0.1) is 0 Å². The van der Waals surface area contributed by atoms with Crippen molar-refractivity contribution in [3.63, 3.8) is 0 Å². The van der Waals surface area contributed by atoms with E-state index in [1.807, 2.05) is 24.3 Å². The first-order chi connectivity index (χ1) is 8.58. The molecule has 2 rings (SSSR count). The lowest BCUT2D eigenvalue weighted by molar-refractivity contribution is 0.172. The van der Waals surface area contributed by atoms with Crippen LogP contribution in [-0.4, -0.2) is 28.4 Å². The van der Waals surface area contributed by atoms with Crippen molar-refractivity contribution in [2.45, 2.75) is 24.9 Å². The van der Waals surface area contributed by atoms with Gasteiger partial charge in [0.1, 0.15) is 0 Å². The Morgan fingerprint density at radius 3 is 2.44 bits per heavy atom. The summed E-state index contributed by atoms with van der Waals surface area (Å²) in [4.78, 5) is 21.5. The second kappa shape index (κ2) is 4.95. The molecular weight excluding hydrogens is 236 g/mol. The number of hydrogen-bond donors (Lipinski definition) is 4. The standard InChI is InChI=1S/C12H14N2O4/c15-11(16)13-9-6-5-7-3-1-2-4-8(7)10(9)14-12(17)18/h1-4,9-10,13-14H,5-6H2,(H,15,16)(H,17,18)/t9-,10+/m0/s1. The van der Waals surface area contributed by atoms with Crippen LogP contribution in [-0.2, 0) is 6.42 Å². The highest BCUT2D eigenvalue weighted by Crippen LogP contribution is 2.29. The summed E-state index contributed by atoms with van der Waals surface area (Å²) < 4.78 is 0. The highest BCUT2D eigenvalue weighted by Gasteiger charge is 2.31. The highest BCUT2D eigenvalue weighted by molar-refractivity contribution is 5.67. The maximum Gasteiger partial charge on any atom is 0.405 e. The van der Waals surface area contributed by atoms with Crippen molar-refractivity contribution in [3.05, 3.63) is 35.4 Å². The zero-order valence-electron chi connectivity index (χ0n) is 9.59. The van der Waals surface area contributed by atoms with Gasteiger partial charge in [0, 0.05) is 0 Å². The molecule has 0 unspecified atom stereocenters. The van der Waals surface area contributed by atoms with E-state index in [-0.39, 0.29) is 0 Å². The summed E-state index contributed by atoms with van der Waals surface area (Å²) in [5.41, 5.74) is 1.89. The highest BCUT2D eigenvalue weighted by atomic mass is 16.4. The fourth-order valence-corrected chi connectivity index (χ4v) is 2.39. The van der Waals surface area contributed by atoms with Crippen molar-refractivity contribution in [1.29, 1.82) is 0 Å². The Balaban J connectivity index is 2.30. The van der Waals surface area contributed by atoms with Crippen molar-refractivity contribution in [1.82, 2.24) is 10.6 Å². The smallest absolute Gasteiger partial charge is 0.405 e. The summed E-state index contributed by atoms with van der Waals surface area (Å²) in [5, 5.41) is 22.4. The lowest BCUT2D eigenvalue weighted by Gasteiger charge is -2.33. The quantitative estimate of drug-likeness (QED) is 0.640. The molecule has 0 spiro atoms. The third kappa shape index (κ3) is 2.53. The number of amides is 2. The van der Waals surface area contributed by atoms with Gasteiger partial charge in [0.05, 0.1) is 12.1 Å². The predicted molar refractivity (Wildman–Crippen MR) is 63.6 cm³/mol. The second-order valence-corrected chi connectivity index (χ2v) is 4.22. The van der Waals surface area contributed by atoms with Crippen molar-refractivity contribution in [2.75, 3.05) is 0 Å². The van der Waals surface area contributed by atoms with Crippen LogP contribution in [0.25, 0.3) is 0 Å². The van der Waals surface area contributed by atoms with Crippen molar-refractivity contribution >= 4 is 12.2 Å². The molecular formula is C12H14N2O4. The first kappa shape index (κ1) is 12.2. The average molecular weight is 250 g/mol. The Morgan fingerprint density at radius 1 is 1.11 bits per heavy atom. The minimum absolute atomic E-state index is 0.437. The summed E-state index contributed by atoms with van der Waals surface area (Å²) >= 11 is 0. The normalized spacial score (nSPS) is 21.8. The first-order valence-electron chi connectivity index (χ1n) is 5.64. The van der Waals surface area contributed by atoms with Crippen LogP contribution in [0.4, 0.5) is 9.59 Å². The lowest BCUT2D eigenvalue weighted by atomic mass is 9.84. The van der Waals surface area contributed by atoms with Gasteiger partial charge in [-0.1, -0.05) is 24.3 Å². The average Bonchev–Trinajstić information content (AvgIpc) is 2.31. The minimum atomic E-state index is -1.16. The maximum atomic E-state index is 10.8. The molecule has 4 N–H and O–H groups in total. The van der Waals surface area contributed by atoms with E-state index in [1.54, 1.807) is 0 Å². The van der Waals surface area contributed by atoms with E-state index in [9.17, 15) is 9.59 Å². The zero-order valence-corrected chi connectivity index (χ0v) is 9.59. The van der Waals surface area contributed by atoms with E-state index in [4.69, 9.17) is 10.2 Å². The number of benzene rings is 1. The molecule has 1 aromatic carbocycles. The van der Waals surface area contributed by atoms with Gasteiger partial charge >= 0.3 is 12.2 Å². The molecule has 18 heavy (non-hydrogen) atoms. The molecule has 2 atom stereocenters.